The van der Waals surface area contributed by atoms with Crippen LogP contribution in [0, 0.1) is 5.41 Å². The van der Waals surface area contributed by atoms with Crippen molar-refractivity contribution in [2.75, 3.05) is 0 Å². The van der Waals surface area contributed by atoms with Crippen molar-refractivity contribution in [3.8, 4) is 0 Å². The summed E-state index contributed by atoms with van der Waals surface area (Å²) >= 11 is 0.950. The van der Waals surface area contributed by atoms with Gasteiger partial charge in [-0.3, -0.25) is 19.0 Å². The first-order valence-electron chi connectivity index (χ1n) is 12.9. The standard InChI is InChI=1S/C32H29F3N2O3S/c1-31(2,3)26(38)19-28-37(30(40)25(41-28)18-21-11-10-16-24(17-21)32(33,34)35)20-27(39)36-29(22-12-6-4-7-13-22)23-14-8-5-9-15-23/h4-19,29H,20H2,1-3H3,(H,36,39). The molecule has 0 fully saturated rings. The highest BCUT2D eigenvalue weighted by atomic mass is 32.1. The van der Waals surface area contributed by atoms with E-state index in [0.29, 0.717) is 0 Å². The predicted octanol–water partition coefficient (Wildman–Crippen LogP) is 5.06. The highest BCUT2D eigenvalue weighted by Crippen LogP contribution is 2.29. The van der Waals surface area contributed by atoms with Gasteiger partial charge in [-0.2, -0.15) is 13.2 Å². The van der Waals surface area contributed by atoms with Crippen molar-refractivity contribution in [2.24, 2.45) is 5.41 Å². The van der Waals surface area contributed by atoms with E-state index in [4.69, 9.17) is 0 Å². The summed E-state index contributed by atoms with van der Waals surface area (Å²) in [6.07, 6.45) is -1.88. The molecule has 0 radical (unpaired) electrons. The van der Waals surface area contributed by atoms with E-state index >= 15 is 0 Å². The van der Waals surface area contributed by atoms with Crippen LogP contribution < -0.4 is 20.1 Å². The lowest BCUT2D eigenvalue weighted by Gasteiger charge is -2.20. The minimum Gasteiger partial charge on any atom is -0.344 e. The number of halogens is 3. The van der Waals surface area contributed by atoms with Crippen molar-refractivity contribution < 1.29 is 22.8 Å². The first-order chi connectivity index (χ1) is 19.3. The van der Waals surface area contributed by atoms with Crippen molar-refractivity contribution in [2.45, 2.75) is 39.5 Å². The number of thiazole rings is 1. The van der Waals surface area contributed by atoms with Gasteiger partial charge < -0.3 is 5.32 Å². The molecule has 0 aliphatic carbocycles. The molecule has 0 saturated carbocycles. The Morgan fingerprint density at radius 2 is 1.49 bits per heavy atom. The van der Waals surface area contributed by atoms with E-state index in [1.807, 2.05) is 60.7 Å². The number of amides is 1. The largest absolute Gasteiger partial charge is 0.416 e. The number of rotatable bonds is 7. The van der Waals surface area contributed by atoms with Crippen molar-refractivity contribution >= 4 is 35.2 Å². The summed E-state index contributed by atoms with van der Waals surface area (Å²) in [6.45, 7) is 4.81. The van der Waals surface area contributed by atoms with Gasteiger partial charge in [-0.25, -0.2) is 0 Å². The molecule has 0 aliphatic heterocycles. The third kappa shape index (κ3) is 7.49. The summed E-state index contributed by atoms with van der Waals surface area (Å²) in [4.78, 5) is 39.7. The monoisotopic (exact) mass is 578 g/mol. The van der Waals surface area contributed by atoms with E-state index in [0.717, 1.165) is 34.6 Å². The molecule has 5 nitrogen and oxygen atoms in total. The lowest BCUT2D eigenvalue weighted by Crippen LogP contribution is -2.40. The first kappa shape index (κ1) is 29.7. The fourth-order valence-electron chi connectivity index (χ4n) is 4.08. The highest BCUT2D eigenvalue weighted by Gasteiger charge is 2.30. The van der Waals surface area contributed by atoms with Gasteiger partial charge in [-0.15, -0.1) is 11.3 Å². The Hall–Kier alpha value is -4.24. The van der Waals surface area contributed by atoms with Crippen molar-refractivity contribution in [3.05, 3.63) is 127 Å². The normalized spacial score (nSPS) is 13.0. The summed E-state index contributed by atoms with van der Waals surface area (Å²) in [6, 6.07) is 22.9. The molecule has 0 bridgehead atoms. The van der Waals surface area contributed by atoms with Crippen LogP contribution in [0.5, 0.6) is 0 Å². The topological polar surface area (TPSA) is 68.2 Å². The quantitative estimate of drug-likeness (QED) is 0.334. The number of nitrogens with zero attached hydrogens (tertiary/aromatic N) is 1. The molecule has 1 aromatic heterocycles. The maximum absolute atomic E-state index is 13.5. The number of Topliss-reactive ketones (excluding diaryl/α,β-unsaturated/α-hetero) is 1. The second-order valence-corrected chi connectivity index (χ2v) is 11.6. The van der Waals surface area contributed by atoms with E-state index in [9.17, 15) is 27.6 Å². The first-order valence-corrected chi connectivity index (χ1v) is 13.7. The average molecular weight is 579 g/mol. The molecule has 0 atom stereocenters. The number of carbonyl (C=O) groups is 2. The van der Waals surface area contributed by atoms with Gasteiger partial charge >= 0.3 is 6.18 Å². The average Bonchev–Trinajstić information content (AvgIpc) is 3.20. The van der Waals surface area contributed by atoms with E-state index in [1.54, 1.807) is 20.8 Å². The Labute approximate surface area is 239 Å². The molecule has 0 unspecified atom stereocenters. The van der Waals surface area contributed by atoms with Crippen LogP contribution >= 0.6 is 11.3 Å². The van der Waals surface area contributed by atoms with Crippen LogP contribution in [0.15, 0.2) is 89.7 Å². The molecule has 1 heterocycles. The third-order valence-electron chi connectivity index (χ3n) is 6.31. The molecule has 4 rings (SSSR count). The Morgan fingerprint density at radius 1 is 0.902 bits per heavy atom. The van der Waals surface area contributed by atoms with Gasteiger partial charge in [0.2, 0.25) is 5.91 Å². The third-order valence-corrected chi connectivity index (χ3v) is 7.37. The number of hydrogen-bond donors (Lipinski definition) is 1. The van der Waals surface area contributed by atoms with E-state index in [-0.39, 0.29) is 27.1 Å². The lowest BCUT2D eigenvalue weighted by atomic mass is 9.91. The maximum atomic E-state index is 13.5. The van der Waals surface area contributed by atoms with Crippen LogP contribution in [-0.4, -0.2) is 16.3 Å². The fourth-order valence-corrected chi connectivity index (χ4v) is 5.12. The zero-order valence-electron chi connectivity index (χ0n) is 22.7. The summed E-state index contributed by atoms with van der Waals surface area (Å²) in [5.41, 5.74) is -0.298. The minimum atomic E-state index is -4.54. The zero-order chi connectivity index (χ0) is 29.8. The molecule has 41 heavy (non-hydrogen) atoms. The Bertz CT molecular complexity index is 1680. The van der Waals surface area contributed by atoms with E-state index < -0.39 is 34.7 Å². The number of alkyl halides is 3. The molecule has 4 aromatic rings. The van der Waals surface area contributed by atoms with E-state index in [1.165, 1.54) is 28.9 Å². The number of benzene rings is 3. The summed E-state index contributed by atoms with van der Waals surface area (Å²) in [5.74, 6) is -0.726. The molecule has 212 valence electrons. The Kier molecular flexibility index (Phi) is 8.77. The highest BCUT2D eigenvalue weighted by molar-refractivity contribution is 7.07. The van der Waals surface area contributed by atoms with Crippen LogP contribution in [-0.2, 0) is 22.3 Å². The molecule has 1 N–H and O–H groups in total. The van der Waals surface area contributed by atoms with Gasteiger partial charge in [-0.1, -0.05) is 93.6 Å². The van der Waals surface area contributed by atoms with Gasteiger partial charge in [-0.05, 0) is 34.9 Å². The van der Waals surface area contributed by atoms with Crippen LogP contribution in [0.1, 0.15) is 49.1 Å². The maximum Gasteiger partial charge on any atom is 0.416 e. The Balaban J connectivity index is 1.76. The molecule has 1 amide bonds. The zero-order valence-corrected chi connectivity index (χ0v) is 23.6. The number of aromatic nitrogens is 1. The molecule has 0 saturated heterocycles. The molecule has 9 heteroatoms. The van der Waals surface area contributed by atoms with Crippen LogP contribution in [0.25, 0.3) is 12.2 Å². The fraction of sp³-hybridized carbons (Fsp3) is 0.219. The number of ketones is 1. The molecular formula is C32H29F3N2O3S. The van der Waals surface area contributed by atoms with Crippen LogP contribution in [0.3, 0.4) is 0 Å². The van der Waals surface area contributed by atoms with Crippen molar-refractivity contribution in [1.29, 1.82) is 0 Å². The second kappa shape index (κ2) is 12.1. The molecule has 0 aliphatic rings. The van der Waals surface area contributed by atoms with E-state index in [2.05, 4.69) is 5.32 Å². The van der Waals surface area contributed by atoms with Crippen LogP contribution in [0.2, 0.25) is 0 Å². The lowest BCUT2D eigenvalue weighted by molar-refractivity contribution is -0.137. The minimum absolute atomic E-state index is 0.104. The van der Waals surface area contributed by atoms with Crippen molar-refractivity contribution in [1.82, 2.24) is 9.88 Å². The predicted molar refractivity (Wildman–Crippen MR) is 155 cm³/mol. The van der Waals surface area contributed by atoms with Gasteiger partial charge in [0.1, 0.15) is 11.2 Å². The summed E-state index contributed by atoms with van der Waals surface area (Å²) in [5, 5.41) is 2.99. The van der Waals surface area contributed by atoms with Crippen LogP contribution in [0.4, 0.5) is 13.2 Å². The van der Waals surface area contributed by atoms with Crippen molar-refractivity contribution in [3.63, 3.8) is 0 Å². The number of carbonyl (C=O) groups excluding carboxylic acids is 2. The van der Waals surface area contributed by atoms with Gasteiger partial charge in [0.05, 0.1) is 16.1 Å². The molecule has 3 aromatic carbocycles. The second-order valence-electron chi connectivity index (χ2n) is 10.5. The summed E-state index contributed by atoms with van der Waals surface area (Å²) in [7, 11) is 0. The molecule has 0 spiro atoms. The Morgan fingerprint density at radius 3 is 2.02 bits per heavy atom. The molecular weight excluding hydrogens is 549 g/mol. The number of nitrogens with one attached hydrogen (secondary N) is 1. The smallest absolute Gasteiger partial charge is 0.344 e. The van der Waals surface area contributed by atoms with Gasteiger partial charge in [0.25, 0.3) is 5.56 Å². The van der Waals surface area contributed by atoms with Gasteiger partial charge in [0, 0.05) is 11.5 Å². The number of hydrogen-bond acceptors (Lipinski definition) is 4. The summed E-state index contributed by atoms with van der Waals surface area (Å²) < 4.78 is 41.2. The van der Waals surface area contributed by atoms with Gasteiger partial charge in [0.15, 0.2) is 5.78 Å². The SMILES string of the molecule is CC(C)(C)C(=O)C=c1sc(=Cc2cccc(C(F)(F)F)c2)c(=O)n1CC(=O)NC(c1ccccc1)c1ccccc1.